The molecule has 10 heteroatoms. The molecule has 1 aromatic carbocycles. The molecular formula is C23H31FN2O6S. The third kappa shape index (κ3) is 6.23. The fraction of sp³-hybridized carbons (Fsp3) is 0.652. The highest BCUT2D eigenvalue weighted by Gasteiger charge is 2.41. The van der Waals surface area contributed by atoms with Crippen LogP contribution >= 0.6 is 0 Å². The molecule has 8 nitrogen and oxygen atoms in total. The molecule has 3 aliphatic rings. The van der Waals surface area contributed by atoms with Crippen LogP contribution in [0.2, 0.25) is 0 Å². The molecule has 2 aliphatic heterocycles. The molecule has 3 amide bonds. The van der Waals surface area contributed by atoms with E-state index in [-0.39, 0.29) is 36.3 Å². The van der Waals surface area contributed by atoms with Gasteiger partial charge in [0.25, 0.3) is 0 Å². The number of nitrogens with zero attached hydrogens (tertiary/aromatic N) is 1. The van der Waals surface area contributed by atoms with E-state index in [2.05, 4.69) is 5.32 Å². The molecule has 1 saturated carbocycles. The Balaban J connectivity index is 1.33. The Hall–Kier alpha value is -2.20. The number of hydrogen-bond donors (Lipinski definition) is 1. The summed E-state index contributed by atoms with van der Waals surface area (Å²) in [6, 6.07) is 4.25. The average Bonchev–Trinajstić information content (AvgIpc) is 3.38. The van der Waals surface area contributed by atoms with Crippen molar-refractivity contribution >= 4 is 21.8 Å². The van der Waals surface area contributed by atoms with Gasteiger partial charge < -0.3 is 14.4 Å². The summed E-state index contributed by atoms with van der Waals surface area (Å²) in [5, 5.41) is 2.22. The van der Waals surface area contributed by atoms with E-state index >= 15 is 0 Å². The molecule has 0 spiro atoms. The van der Waals surface area contributed by atoms with Crippen LogP contribution in [0.4, 0.5) is 9.18 Å². The summed E-state index contributed by atoms with van der Waals surface area (Å²) in [5.74, 6) is -0.119. The number of unbranched alkanes of at least 4 members (excludes halogenated alkanes) is 2. The van der Waals surface area contributed by atoms with Gasteiger partial charge in [0.2, 0.25) is 5.91 Å². The monoisotopic (exact) mass is 482 g/mol. The molecule has 2 heterocycles. The van der Waals surface area contributed by atoms with Gasteiger partial charge in [0.15, 0.2) is 21.4 Å². The molecule has 33 heavy (non-hydrogen) atoms. The fourth-order valence-electron chi connectivity index (χ4n) is 4.43. The van der Waals surface area contributed by atoms with Crippen molar-refractivity contribution in [2.45, 2.75) is 43.9 Å². The summed E-state index contributed by atoms with van der Waals surface area (Å²) in [6.07, 6.45) is 4.49. The van der Waals surface area contributed by atoms with Crippen LogP contribution in [-0.4, -0.2) is 69.7 Å². The van der Waals surface area contributed by atoms with Crippen molar-refractivity contribution in [2.24, 2.45) is 5.92 Å². The molecule has 1 aromatic rings. The number of amides is 3. The molecule has 2 saturated heterocycles. The van der Waals surface area contributed by atoms with Gasteiger partial charge in [-0.3, -0.25) is 10.1 Å². The van der Waals surface area contributed by atoms with E-state index in [4.69, 9.17) is 9.47 Å². The Morgan fingerprint density at radius 2 is 2.03 bits per heavy atom. The molecule has 1 unspecified atom stereocenters. The Bertz CT molecular complexity index is 989. The lowest BCUT2D eigenvalue weighted by Crippen LogP contribution is -2.36. The number of rotatable bonds is 12. The predicted octanol–water partition coefficient (Wildman–Crippen LogP) is 2.41. The van der Waals surface area contributed by atoms with E-state index < -0.39 is 27.1 Å². The van der Waals surface area contributed by atoms with Crippen LogP contribution in [-0.2, 0) is 24.8 Å². The zero-order chi connectivity index (χ0) is 23.5. The van der Waals surface area contributed by atoms with E-state index in [0.29, 0.717) is 51.4 Å². The van der Waals surface area contributed by atoms with Crippen molar-refractivity contribution in [2.75, 3.05) is 44.4 Å². The number of ether oxygens (including phenoxy) is 2. The lowest BCUT2D eigenvalue weighted by molar-refractivity contribution is -0.118. The standard InChI is InChI=1S/C23H31FN2O6S/c24-19-7-6-18(12-20(19)32-14-17-4-5-17)23(8-10-31-15-23)16-33(29,30)11-3-1-2-9-26-13-21(27)25-22(26)28/h6-7,12,17H,1-5,8-11,13-16H2,(H,25,27,28). The first kappa shape index (κ1) is 23.9. The summed E-state index contributed by atoms with van der Waals surface area (Å²) >= 11 is 0. The lowest BCUT2D eigenvalue weighted by atomic mass is 9.81. The second-order valence-corrected chi connectivity index (χ2v) is 11.6. The topological polar surface area (TPSA) is 102 Å². The number of carbonyl (C=O) groups excluding carboxylic acids is 2. The first-order chi connectivity index (χ1) is 15.8. The number of carbonyl (C=O) groups is 2. The molecule has 1 N–H and O–H groups in total. The van der Waals surface area contributed by atoms with Gasteiger partial charge >= 0.3 is 6.03 Å². The van der Waals surface area contributed by atoms with Gasteiger partial charge in [0.1, 0.15) is 6.54 Å². The minimum absolute atomic E-state index is 0.0338. The van der Waals surface area contributed by atoms with Crippen molar-refractivity contribution < 1.29 is 31.9 Å². The first-order valence-corrected chi connectivity index (χ1v) is 13.4. The minimum Gasteiger partial charge on any atom is -0.490 e. The van der Waals surface area contributed by atoms with Crippen LogP contribution < -0.4 is 10.1 Å². The normalized spacial score (nSPS) is 23.2. The van der Waals surface area contributed by atoms with Gasteiger partial charge in [0.05, 0.1) is 24.7 Å². The van der Waals surface area contributed by atoms with Gasteiger partial charge in [-0.1, -0.05) is 12.5 Å². The van der Waals surface area contributed by atoms with E-state index in [1.165, 1.54) is 11.0 Å². The summed E-state index contributed by atoms with van der Waals surface area (Å²) in [4.78, 5) is 24.2. The Morgan fingerprint density at radius 1 is 1.21 bits per heavy atom. The molecule has 0 bridgehead atoms. The Labute approximate surface area is 193 Å². The third-order valence-electron chi connectivity index (χ3n) is 6.57. The van der Waals surface area contributed by atoms with Crippen LogP contribution in [0.1, 0.15) is 44.1 Å². The van der Waals surface area contributed by atoms with Crippen LogP contribution in [0, 0.1) is 11.7 Å². The van der Waals surface area contributed by atoms with Gasteiger partial charge in [-0.15, -0.1) is 0 Å². The Kier molecular flexibility index (Phi) is 7.23. The quantitative estimate of drug-likeness (QED) is 0.363. The zero-order valence-electron chi connectivity index (χ0n) is 18.7. The van der Waals surface area contributed by atoms with Crippen LogP contribution in [0.15, 0.2) is 18.2 Å². The summed E-state index contributed by atoms with van der Waals surface area (Å²) in [6.45, 7) is 1.70. The van der Waals surface area contributed by atoms with Gasteiger partial charge in [0, 0.05) is 18.6 Å². The minimum atomic E-state index is -3.39. The molecule has 1 aliphatic carbocycles. The van der Waals surface area contributed by atoms with E-state index in [1.807, 2.05) is 0 Å². The van der Waals surface area contributed by atoms with Crippen molar-refractivity contribution in [3.05, 3.63) is 29.6 Å². The number of imide groups is 1. The number of benzene rings is 1. The molecule has 0 radical (unpaired) electrons. The number of sulfone groups is 1. The number of halogens is 1. The molecule has 1 atom stereocenters. The molecule has 3 fully saturated rings. The number of urea groups is 1. The van der Waals surface area contributed by atoms with Crippen molar-refractivity contribution in [1.29, 1.82) is 0 Å². The van der Waals surface area contributed by atoms with Crippen LogP contribution in [0.5, 0.6) is 5.75 Å². The van der Waals surface area contributed by atoms with Crippen LogP contribution in [0.3, 0.4) is 0 Å². The maximum Gasteiger partial charge on any atom is 0.324 e. The second kappa shape index (κ2) is 9.97. The van der Waals surface area contributed by atoms with Gasteiger partial charge in [-0.25, -0.2) is 17.6 Å². The maximum atomic E-state index is 14.3. The Morgan fingerprint density at radius 3 is 2.70 bits per heavy atom. The summed E-state index contributed by atoms with van der Waals surface area (Å²) in [7, 11) is -3.39. The summed E-state index contributed by atoms with van der Waals surface area (Å²) < 4.78 is 51.5. The summed E-state index contributed by atoms with van der Waals surface area (Å²) in [5.41, 5.74) is 0.0265. The highest BCUT2D eigenvalue weighted by atomic mass is 32.2. The predicted molar refractivity (Wildman–Crippen MR) is 119 cm³/mol. The van der Waals surface area contributed by atoms with Crippen molar-refractivity contribution in [3.63, 3.8) is 0 Å². The average molecular weight is 483 g/mol. The van der Waals surface area contributed by atoms with Gasteiger partial charge in [-0.2, -0.15) is 0 Å². The van der Waals surface area contributed by atoms with E-state index in [0.717, 1.165) is 18.4 Å². The van der Waals surface area contributed by atoms with Crippen molar-refractivity contribution in [1.82, 2.24) is 10.2 Å². The SMILES string of the molecule is O=C1CN(CCCCCS(=O)(=O)CC2(c3ccc(F)c(OCC4CC4)c3)CCOC2)C(=O)N1. The van der Waals surface area contributed by atoms with E-state index in [9.17, 15) is 22.4 Å². The lowest BCUT2D eigenvalue weighted by Gasteiger charge is -2.28. The molecule has 182 valence electrons. The first-order valence-electron chi connectivity index (χ1n) is 11.6. The maximum absolute atomic E-state index is 14.3. The van der Waals surface area contributed by atoms with Crippen molar-refractivity contribution in [3.8, 4) is 5.75 Å². The fourth-order valence-corrected chi connectivity index (χ4v) is 6.45. The number of nitrogens with one attached hydrogen (secondary N) is 1. The zero-order valence-corrected chi connectivity index (χ0v) is 19.5. The van der Waals surface area contributed by atoms with E-state index in [1.54, 1.807) is 12.1 Å². The van der Waals surface area contributed by atoms with Gasteiger partial charge in [-0.05, 0) is 55.7 Å². The molecular weight excluding hydrogens is 451 g/mol. The highest BCUT2D eigenvalue weighted by Crippen LogP contribution is 2.38. The van der Waals surface area contributed by atoms with Crippen LogP contribution in [0.25, 0.3) is 0 Å². The third-order valence-corrected chi connectivity index (χ3v) is 8.47. The molecule has 0 aromatic heterocycles. The largest absolute Gasteiger partial charge is 0.490 e. The highest BCUT2D eigenvalue weighted by molar-refractivity contribution is 7.91. The second-order valence-electron chi connectivity index (χ2n) is 9.41. The number of hydrogen-bond acceptors (Lipinski definition) is 6. The molecule has 4 rings (SSSR count). The smallest absolute Gasteiger partial charge is 0.324 e.